The summed E-state index contributed by atoms with van der Waals surface area (Å²) in [5.74, 6) is -2.94. The van der Waals surface area contributed by atoms with Crippen LogP contribution in [0.15, 0.2) is 119 Å². The molecule has 0 radical (unpaired) electrons. The summed E-state index contributed by atoms with van der Waals surface area (Å²) in [6, 6.07) is 24.7. The van der Waals surface area contributed by atoms with Crippen molar-refractivity contribution in [2.24, 2.45) is 0 Å². The van der Waals surface area contributed by atoms with Crippen molar-refractivity contribution < 1.29 is 50.5 Å². The second-order valence-corrected chi connectivity index (χ2v) is 14.0. The lowest BCUT2D eigenvalue weighted by Crippen LogP contribution is -2.21. The Morgan fingerprint density at radius 2 is 0.865 bits per heavy atom. The highest BCUT2D eigenvalue weighted by Gasteiger charge is 2.25. The van der Waals surface area contributed by atoms with Gasteiger partial charge >= 0.3 is 6.03 Å². The molecule has 0 aromatic heterocycles. The molecule has 0 unspecified atom stereocenters. The molecule has 0 aliphatic heterocycles. The monoisotopic (exact) mass is 742 g/mol. The maximum absolute atomic E-state index is 13.2. The molecular formula is C35H26N4O11S2. The molecule has 0 heterocycles. The lowest BCUT2D eigenvalue weighted by molar-refractivity contribution is 0.101. The SMILES string of the molecule is O=C(Nc1cccc(C(=O)Nc2c(S(=O)(=O)O)cc3ccccc3c2O)c1)Nc1cccc(C(=O)Nc2c(S(=O)(=O)O)cc3ccccc3c2O)c1. The summed E-state index contributed by atoms with van der Waals surface area (Å²) in [5, 5.41) is 32.3. The third kappa shape index (κ3) is 7.32. The van der Waals surface area contributed by atoms with Gasteiger partial charge in [0.1, 0.15) is 32.7 Å². The van der Waals surface area contributed by atoms with Gasteiger partial charge in [-0.15, -0.1) is 0 Å². The standard InChI is InChI=1S/C35H26N4O11S2/c40-31-25-13-3-1-7-19(25)17-27(51(45,46)47)29(31)38-33(42)21-9-5-11-23(15-21)36-35(44)37-24-12-6-10-22(16-24)34(43)39-30-28(52(48,49)50)18-20-8-2-4-14-26(20)32(30)41/h1-18,40-41H,(H,38,42)(H,39,43)(H2,36,37,44)(H,45,46,47)(H,48,49,50). The third-order valence-electron chi connectivity index (χ3n) is 7.77. The lowest BCUT2D eigenvalue weighted by Gasteiger charge is -2.15. The van der Waals surface area contributed by atoms with Crippen molar-refractivity contribution in [1.29, 1.82) is 0 Å². The Morgan fingerprint density at radius 3 is 1.25 bits per heavy atom. The number of anilines is 4. The fraction of sp³-hybridized carbons (Fsp3) is 0. The molecule has 0 atom stereocenters. The maximum Gasteiger partial charge on any atom is 0.323 e. The Balaban J connectivity index is 1.18. The molecule has 6 aromatic carbocycles. The lowest BCUT2D eigenvalue weighted by atomic mass is 10.1. The van der Waals surface area contributed by atoms with E-state index < -0.39 is 70.7 Å². The normalized spacial score (nSPS) is 11.6. The first-order valence-electron chi connectivity index (χ1n) is 15.0. The van der Waals surface area contributed by atoms with Crippen molar-refractivity contribution in [2.45, 2.75) is 9.79 Å². The van der Waals surface area contributed by atoms with Gasteiger partial charge < -0.3 is 31.5 Å². The first-order valence-corrected chi connectivity index (χ1v) is 17.8. The first kappa shape index (κ1) is 35.3. The molecule has 264 valence electrons. The van der Waals surface area contributed by atoms with Crippen LogP contribution in [-0.2, 0) is 20.2 Å². The molecule has 6 rings (SSSR count). The van der Waals surface area contributed by atoms with E-state index >= 15 is 0 Å². The van der Waals surface area contributed by atoms with Crippen LogP contribution in [0, 0.1) is 0 Å². The number of nitrogens with one attached hydrogen (secondary N) is 4. The van der Waals surface area contributed by atoms with Gasteiger partial charge in [-0.3, -0.25) is 18.7 Å². The van der Waals surface area contributed by atoms with E-state index in [1.807, 2.05) is 0 Å². The van der Waals surface area contributed by atoms with Gasteiger partial charge in [0.2, 0.25) is 0 Å². The summed E-state index contributed by atoms with van der Waals surface area (Å²) in [7, 11) is -9.76. The van der Waals surface area contributed by atoms with E-state index in [9.17, 15) is 50.5 Å². The van der Waals surface area contributed by atoms with Crippen LogP contribution in [0.25, 0.3) is 21.5 Å². The number of hydrogen-bond acceptors (Lipinski definition) is 9. The highest BCUT2D eigenvalue weighted by Crippen LogP contribution is 2.40. The van der Waals surface area contributed by atoms with E-state index in [0.717, 1.165) is 12.1 Å². The van der Waals surface area contributed by atoms with Crippen LogP contribution >= 0.6 is 0 Å². The molecule has 0 fully saturated rings. The Hall–Kier alpha value is -6.53. The average Bonchev–Trinajstić information content (AvgIpc) is 3.09. The fourth-order valence-corrected chi connectivity index (χ4v) is 6.76. The van der Waals surface area contributed by atoms with Gasteiger partial charge in [-0.1, -0.05) is 60.7 Å². The molecule has 0 aliphatic carbocycles. The zero-order chi connectivity index (χ0) is 37.4. The van der Waals surface area contributed by atoms with Gasteiger partial charge in [0.25, 0.3) is 32.1 Å². The minimum absolute atomic E-state index is 0.0634. The minimum Gasteiger partial charge on any atom is -0.505 e. The van der Waals surface area contributed by atoms with E-state index in [0.29, 0.717) is 10.8 Å². The highest BCUT2D eigenvalue weighted by molar-refractivity contribution is 7.86. The van der Waals surface area contributed by atoms with Gasteiger partial charge in [0.15, 0.2) is 0 Å². The van der Waals surface area contributed by atoms with Crippen molar-refractivity contribution in [3.05, 3.63) is 120 Å². The first-order chi connectivity index (χ1) is 24.6. The van der Waals surface area contributed by atoms with Gasteiger partial charge in [0.05, 0.1) is 0 Å². The minimum atomic E-state index is -4.88. The number of phenolic OH excluding ortho intramolecular Hbond substituents is 2. The summed E-state index contributed by atoms with van der Waals surface area (Å²) in [4.78, 5) is 37.8. The molecule has 0 spiro atoms. The van der Waals surface area contributed by atoms with Crippen molar-refractivity contribution >= 4 is 82.4 Å². The number of aromatic hydroxyl groups is 2. The molecular weight excluding hydrogens is 717 g/mol. The molecule has 8 N–H and O–H groups in total. The van der Waals surface area contributed by atoms with Crippen molar-refractivity contribution in [2.75, 3.05) is 21.3 Å². The van der Waals surface area contributed by atoms with E-state index in [4.69, 9.17) is 0 Å². The summed E-state index contributed by atoms with van der Waals surface area (Å²) >= 11 is 0. The van der Waals surface area contributed by atoms with Crippen LogP contribution in [0.3, 0.4) is 0 Å². The number of rotatable bonds is 8. The number of amides is 4. The molecule has 0 aliphatic rings. The third-order valence-corrected chi connectivity index (χ3v) is 9.53. The van der Waals surface area contributed by atoms with Gasteiger partial charge in [0, 0.05) is 33.3 Å². The maximum atomic E-state index is 13.2. The summed E-state index contributed by atoms with van der Waals surface area (Å²) in [6.07, 6.45) is 0. The Labute approximate surface area is 295 Å². The van der Waals surface area contributed by atoms with E-state index in [-0.39, 0.29) is 33.3 Å². The van der Waals surface area contributed by atoms with Crippen LogP contribution in [0.2, 0.25) is 0 Å². The van der Waals surface area contributed by atoms with Crippen LogP contribution in [-0.4, -0.2) is 54.0 Å². The van der Waals surface area contributed by atoms with E-state index in [2.05, 4.69) is 21.3 Å². The Morgan fingerprint density at radius 1 is 0.481 bits per heavy atom. The van der Waals surface area contributed by atoms with Crippen molar-refractivity contribution in [3.63, 3.8) is 0 Å². The number of carbonyl (C=O) groups is 3. The van der Waals surface area contributed by atoms with Gasteiger partial charge in [-0.05, 0) is 59.3 Å². The molecule has 15 nitrogen and oxygen atoms in total. The quantitative estimate of drug-likeness (QED) is 0.0659. The number of urea groups is 1. The molecule has 0 saturated heterocycles. The zero-order valence-electron chi connectivity index (χ0n) is 26.4. The van der Waals surface area contributed by atoms with E-state index in [1.165, 1.54) is 72.8 Å². The Bertz CT molecular complexity index is 2500. The highest BCUT2D eigenvalue weighted by atomic mass is 32.2. The molecule has 6 aromatic rings. The molecule has 17 heteroatoms. The van der Waals surface area contributed by atoms with Crippen LogP contribution in [0.4, 0.5) is 27.5 Å². The number of carbonyl (C=O) groups excluding carboxylic acids is 3. The molecule has 0 bridgehead atoms. The second-order valence-electron chi connectivity index (χ2n) is 11.2. The summed E-state index contributed by atoms with van der Waals surface area (Å²) in [5.41, 5.74) is -0.992. The Kier molecular flexibility index (Phi) is 9.26. The van der Waals surface area contributed by atoms with Crippen LogP contribution in [0.5, 0.6) is 11.5 Å². The molecule has 4 amide bonds. The van der Waals surface area contributed by atoms with Crippen molar-refractivity contribution in [3.8, 4) is 11.5 Å². The number of phenols is 2. The predicted octanol–water partition coefficient (Wildman–Crippen LogP) is 6.05. The average molecular weight is 743 g/mol. The predicted molar refractivity (Wildman–Crippen MR) is 192 cm³/mol. The van der Waals surface area contributed by atoms with Gasteiger partial charge in [-0.2, -0.15) is 16.8 Å². The number of fused-ring (bicyclic) bond motifs is 2. The summed E-state index contributed by atoms with van der Waals surface area (Å²) < 4.78 is 68.0. The molecule has 0 saturated carbocycles. The second kappa shape index (κ2) is 13.6. The topological polar surface area (TPSA) is 249 Å². The summed E-state index contributed by atoms with van der Waals surface area (Å²) in [6.45, 7) is 0. The van der Waals surface area contributed by atoms with Crippen molar-refractivity contribution in [1.82, 2.24) is 0 Å². The van der Waals surface area contributed by atoms with Crippen LogP contribution in [0.1, 0.15) is 20.7 Å². The smallest absolute Gasteiger partial charge is 0.323 e. The zero-order valence-corrected chi connectivity index (χ0v) is 28.0. The van der Waals surface area contributed by atoms with Gasteiger partial charge in [-0.25, -0.2) is 4.79 Å². The van der Waals surface area contributed by atoms with E-state index in [1.54, 1.807) is 24.3 Å². The number of benzene rings is 6. The largest absolute Gasteiger partial charge is 0.505 e. The fourth-order valence-electron chi connectivity index (χ4n) is 5.40. The molecule has 52 heavy (non-hydrogen) atoms. The van der Waals surface area contributed by atoms with Crippen LogP contribution < -0.4 is 21.3 Å². The number of hydrogen-bond donors (Lipinski definition) is 8.